The average molecular weight is 278 g/mol. The van der Waals surface area contributed by atoms with E-state index in [4.69, 9.17) is 4.74 Å². The molecular weight excluding hydrogens is 252 g/mol. The fourth-order valence-electron chi connectivity index (χ4n) is 3.01. The third-order valence-electron chi connectivity index (χ3n) is 4.13. The summed E-state index contributed by atoms with van der Waals surface area (Å²) in [5.41, 5.74) is 1.89. The molecule has 2 atom stereocenters. The second kappa shape index (κ2) is 7.09. The molecule has 1 aliphatic carbocycles. The minimum Gasteiger partial charge on any atom is -0.491 e. The van der Waals surface area contributed by atoms with Gasteiger partial charge in [-0.1, -0.05) is 37.3 Å². The van der Waals surface area contributed by atoms with Gasteiger partial charge in [-0.25, -0.2) is 0 Å². The maximum Gasteiger partial charge on any atom is 0.125 e. The number of hydrogen-bond acceptors (Lipinski definition) is 3. The molecule has 0 saturated heterocycles. The third kappa shape index (κ3) is 4.22. The van der Waals surface area contributed by atoms with Crippen LogP contribution in [0.5, 0.6) is 5.75 Å². The van der Waals surface area contributed by atoms with Crippen LogP contribution in [0.2, 0.25) is 0 Å². The Balaban J connectivity index is 1.89. The maximum atomic E-state index is 10.1. The molecule has 3 nitrogen and oxygen atoms in total. The molecule has 1 aromatic rings. The monoisotopic (exact) mass is 278 g/mol. The van der Waals surface area contributed by atoms with Crippen molar-refractivity contribution in [1.29, 1.82) is 0 Å². The Morgan fingerprint density at radius 2 is 1.95 bits per heavy atom. The van der Waals surface area contributed by atoms with Crippen LogP contribution in [0.15, 0.2) is 18.2 Å². The highest BCUT2D eigenvalue weighted by Crippen LogP contribution is 2.30. The van der Waals surface area contributed by atoms with E-state index in [1.54, 1.807) is 6.92 Å². The van der Waals surface area contributed by atoms with Gasteiger partial charge < -0.3 is 14.9 Å². The van der Waals surface area contributed by atoms with E-state index < -0.39 is 12.2 Å². The second-order valence-electron chi connectivity index (χ2n) is 6.07. The molecule has 112 valence electrons. The van der Waals surface area contributed by atoms with Crippen LogP contribution in [0, 0.1) is 12.8 Å². The van der Waals surface area contributed by atoms with Gasteiger partial charge in [0.1, 0.15) is 12.4 Å². The van der Waals surface area contributed by atoms with Crippen molar-refractivity contribution in [2.45, 2.75) is 58.2 Å². The normalized spacial score (nSPS) is 19.0. The van der Waals surface area contributed by atoms with E-state index in [2.05, 4.69) is 0 Å². The fourth-order valence-corrected chi connectivity index (χ4v) is 3.01. The van der Waals surface area contributed by atoms with Gasteiger partial charge in [0.15, 0.2) is 0 Å². The Morgan fingerprint density at radius 1 is 1.25 bits per heavy atom. The molecule has 1 aliphatic rings. The number of benzene rings is 1. The molecule has 2 rings (SSSR count). The molecule has 1 aromatic carbocycles. The lowest BCUT2D eigenvalue weighted by Crippen LogP contribution is -2.21. The molecule has 3 heteroatoms. The first kappa shape index (κ1) is 15.3. The molecule has 0 spiro atoms. The van der Waals surface area contributed by atoms with Crippen molar-refractivity contribution in [3.8, 4) is 5.75 Å². The highest BCUT2D eigenvalue weighted by molar-refractivity contribution is 5.38. The molecule has 2 unspecified atom stereocenters. The Morgan fingerprint density at radius 3 is 2.60 bits per heavy atom. The summed E-state index contributed by atoms with van der Waals surface area (Å²) in [7, 11) is 0. The van der Waals surface area contributed by atoms with E-state index in [-0.39, 0.29) is 0 Å². The first-order chi connectivity index (χ1) is 9.56. The zero-order valence-corrected chi connectivity index (χ0v) is 12.5. The minimum absolute atomic E-state index is 0.305. The SMILES string of the molecule is Cc1ccc(OCC(O)CC2CCCC2)c(C(C)O)c1. The van der Waals surface area contributed by atoms with Crippen LogP contribution in [0.1, 0.15) is 56.3 Å². The van der Waals surface area contributed by atoms with Gasteiger partial charge in [0, 0.05) is 5.56 Å². The molecule has 0 aliphatic heterocycles. The van der Waals surface area contributed by atoms with E-state index in [0.29, 0.717) is 18.3 Å². The lowest BCUT2D eigenvalue weighted by Gasteiger charge is -2.18. The fraction of sp³-hybridized carbons (Fsp3) is 0.647. The summed E-state index contributed by atoms with van der Waals surface area (Å²) >= 11 is 0. The number of aliphatic hydroxyl groups excluding tert-OH is 2. The van der Waals surface area contributed by atoms with Gasteiger partial charge in [0.25, 0.3) is 0 Å². The van der Waals surface area contributed by atoms with E-state index in [0.717, 1.165) is 17.5 Å². The maximum absolute atomic E-state index is 10.1. The Bertz CT molecular complexity index is 422. The molecule has 0 amide bonds. The van der Waals surface area contributed by atoms with Crippen LogP contribution in [-0.4, -0.2) is 22.9 Å². The predicted molar refractivity (Wildman–Crippen MR) is 79.9 cm³/mol. The molecular formula is C17H26O3. The van der Waals surface area contributed by atoms with Crippen LogP contribution < -0.4 is 4.74 Å². The molecule has 0 radical (unpaired) electrons. The van der Waals surface area contributed by atoms with Crippen molar-refractivity contribution >= 4 is 0 Å². The predicted octanol–water partition coefficient (Wildman–Crippen LogP) is 3.37. The van der Waals surface area contributed by atoms with Crippen molar-refractivity contribution in [2.24, 2.45) is 5.92 Å². The van der Waals surface area contributed by atoms with Gasteiger partial charge in [0.05, 0.1) is 12.2 Å². The number of aryl methyl sites for hydroxylation is 1. The second-order valence-corrected chi connectivity index (χ2v) is 6.07. The van der Waals surface area contributed by atoms with Crippen molar-refractivity contribution in [2.75, 3.05) is 6.61 Å². The van der Waals surface area contributed by atoms with Gasteiger partial charge >= 0.3 is 0 Å². The summed E-state index contributed by atoms with van der Waals surface area (Å²) in [6, 6.07) is 5.77. The van der Waals surface area contributed by atoms with Gasteiger partial charge in [-0.05, 0) is 38.3 Å². The van der Waals surface area contributed by atoms with E-state index >= 15 is 0 Å². The summed E-state index contributed by atoms with van der Waals surface area (Å²) < 4.78 is 5.72. The van der Waals surface area contributed by atoms with Gasteiger partial charge in [-0.3, -0.25) is 0 Å². The Hall–Kier alpha value is -1.06. The molecule has 0 aromatic heterocycles. The first-order valence-corrected chi connectivity index (χ1v) is 7.65. The topological polar surface area (TPSA) is 49.7 Å². The molecule has 20 heavy (non-hydrogen) atoms. The van der Waals surface area contributed by atoms with Crippen molar-refractivity contribution < 1.29 is 14.9 Å². The van der Waals surface area contributed by atoms with E-state index in [9.17, 15) is 10.2 Å². The molecule has 1 fully saturated rings. The van der Waals surface area contributed by atoms with Crippen LogP contribution in [0.3, 0.4) is 0 Å². The largest absolute Gasteiger partial charge is 0.491 e. The van der Waals surface area contributed by atoms with Crippen molar-refractivity contribution in [3.05, 3.63) is 29.3 Å². The van der Waals surface area contributed by atoms with Gasteiger partial charge in [-0.2, -0.15) is 0 Å². The highest BCUT2D eigenvalue weighted by Gasteiger charge is 2.19. The molecule has 0 bridgehead atoms. The van der Waals surface area contributed by atoms with Crippen molar-refractivity contribution in [1.82, 2.24) is 0 Å². The zero-order valence-electron chi connectivity index (χ0n) is 12.5. The zero-order chi connectivity index (χ0) is 14.5. The number of rotatable bonds is 6. The molecule has 0 heterocycles. The number of aliphatic hydroxyl groups is 2. The standard InChI is InChI=1S/C17H26O3/c1-12-7-8-17(16(9-12)13(2)18)20-11-15(19)10-14-5-3-4-6-14/h7-9,13-15,18-19H,3-6,10-11H2,1-2H3. The smallest absolute Gasteiger partial charge is 0.125 e. The molecule has 1 saturated carbocycles. The van der Waals surface area contributed by atoms with E-state index in [1.165, 1.54) is 25.7 Å². The molecule has 2 N–H and O–H groups in total. The summed E-state index contributed by atoms with van der Waals surface area (Å²) in [5.74, 6) is 1.33. The lowest BCUT2D eigenvalue weighted by atomic mass is 10.0. The summed E-state index contributed by atoms with van der Waals surface area (Å²) in [6.45, 7) is 4.03. The Labute approximate surface area is 121 Å². The van der Waals surface area contributed by atoms with Crippen molar-refractivity contribution in [3.63, 3.8) is 0 Å². The third-order valence-corrected chi connectivity index (χ3v) is 4.13. The van der Waals surface area contributed by atoms with Crippen LogP contribution in [0.4, 0.5) is 0 Å². The van der Waals surface area contributed by atoms with Gasteiger partial charge in [-0.15, -0.1) is 0 Å². The van der Waals surface area contributed by atoms with E-state index in [1.807, 2.05) is 25.1 Å². The Kier molecular flexibility index (Phi) is 5.44. The van der Waals surface area contributed by atoms with Crippen LogP contribution >= 0.6 is 0 Å². The quantitative estimate of drug-likeness (QED) is 0.839. The summed E-state index contributed by atoms with van der Waals surface area (Å²) in [5, 5.41) is 19.8. The number of hydrogen-bond donors (Lipinski definition) is 2. The number of ether oxygens (including phenoxy) is 1. The van der Waals surface area contributed by atoms with Crippen LogP contribution in [0.25, 0.3) is 0 Å². The van der Waals surface area contributed by atoms with Gasteiger partial charge in [0.2, 0.25) is 0 Å². The summed E-state index contributed by atoms with van der Waals surface area (Å²) in [6.07, 6.45) is 4.92. The van der Waals surface area contributed by atoms with Crippen LogP contribution in [-0.2, 0) is 0 Å². The first-order valence-electron chi connectivity index (χ1n) is 7.65. The lowest BCUT2D eigenvalue weighted by molar-refractivity contribution is 0.0832. The minimum atomic E-state index is -0.558. The average Bonchev–Trinajstić information content (AvgIpc) is 2.90. The summed E-state index contributed by atoms with van der Waals surface area (Å²) in [4.78, 5) is 0. The highest BCUT2D eigenvalue weighted by atomic mass is 16.5.